The van der Waals surface area contributed by atoms with Crippen LogP contribution in [0.2, 0.25) is 0 Å². The average Bonchev–Trinajstić information content (AvgIpc) is 2.72. The zero-order chi connectivity index (χ0) is 22.4. The highest BCUT2D eigenvalue weighted by Crippen LogP contribution is 2.35. The molecule has 6 heteroatoms. The fourth-order valence-electron chi connectivity index (χ4n) is 3.12. The number of alkyl halides is 3. The molecule has 31 heavy (non-hydrogen) atoms. The first-order valence-electron chi connectivity index (χ1n) is 9.91. The van der Waals surface area contributed by atoms with E-state index < -0.39 is 23.4 Å². The van der Waals surface area contributed by atoms with E-state index >= 15 is 0 Å². The number of benzene rings is 2. The van der Waals surface area contributed by atoms with E-state index in [0.717, 1.165) is 12.8 Å². The van der Waals surface area contributed by atoms with Gasteiger partial charge in [0.1, 0.15) is 22.9 Å². The van der Waals surface area contributed by atoms with Gasteiger partial charge in [-0.2, -0.15) is 13.2 Å². The van der Waals surface area contributed by atoms with E-state index in [0.29, 0.717) is 29.0 Å². The summed E-state index contributed by atoms with van der Waals surface area (Å²) in [6, 6.07) is 11.6. The summed E-state index contributed by atoms with van der Waals surface area (Å²) in [7, 11) is 0. The summed E-state index contributed by atoms with van der Waals surface area (Å²) in [6.45, 7) is 2.16. The number of hydrogen-bond donors (Lipinski definition) is 0. The summed E-state index contributed by atoms with van der Waals surface area (Å²) in [5.74, 6) is 2.62. The summed E-state index contributed by atoms with van der Waals surface area (Å²) in [5.41, 5.74) is 0.942. The Labute approximate surface area is 178 Å². The highest BCUT2D eigenvalue weighted by Gasteiger charge is 2.37. The summed E-state index contributed by atoms with van der Waals surface area (Å²) in [4.78, 5) is 4.34. The van der Waals surface area contributed by atoms with Crippen LogP contribution < -0.4 is 0 Å². The van der Waals surface area contributed by atoms with Crippen LogP contribution >= 0.6 is 0 Å². The normalized spacial score (nSPS) is 11.2. The van der Waals surface area contributed by atoms with Gasteiger partial charge in [-0.1, -0.05) is 43.9 Å². The molecule has 0 aliphatic carbocycles. The fourth-order valence-corrected chi connectivity index (χ4v) is 3.12. The third-order valence-corrected chi connectivity index (χ3v) is 4.77. The molecule has 3 rings (SSSR count). The second-order valence-electron chi connectivity index (χ2n) is 7.15. The molecule has 0 bridgehead atoms. The van der Waals surface area contributed by atoms with Crippen LogP contribution in [0.15, 0.2) is 54.7 Å². The topological polar surface area (TPSA) is 12.9 Å². The van der Waals surface area contributed by atoms with Crippen LogP contribution in [0.4, 0.5) is 22.0 Å². The fraction of sp³-hybridized carbons (Fsp3) is 0.240. The lowest BCUT2D eigenvalue weighted by molar-refractivity contribution is -0.142. The minimum Gasteiger partial charge on any atom is -0.248 e. The largest absolute Gasteiger partial charge is 0.422 e. The van der Waals surface area contributed by atoms with Gasteiger partial charge in [-0.05, 0) is 65.8 Å². The molecule has 0 fully saturated rings. The standard InChI is InChI=1S/C25H20F5N/c1-2-3-4-5-18-9-13-21(31-16-18)12-8-17-6-10-19(11-7-17)20-14-22(26)24(23(27)15-20)25(28,29)30/h6-7,9-11,13-16H,2-5H2,1H3. The first-order chi connectivity index (χ1) is 14.8. The predicted molar refractivity (Wildman–Crippen MR) is 110 cm³/mol. The molecule has 0 spiro atoms. The molecule has 160 valence electrons. The molecule has 2 aromatic carbocycles. The van der Waals surface area contributed by atoms with Crippen LogP contribution in [0.25, 0.3) is 11.1 Å². The van der Waals surface area contributed by atoms with Crippen molar-refractivity contribution in [2.75, 3.05) is 0 Å². The van der Waals surface area contributed by atoms with Gasteiger partial charge in [-0.15, -0.1) is 0 Å². The van der Waals surface area contributed by atoms with Crippen molar-refractivity contribution in [3.05, 3.63) is 88.7 Å². The lowest BCUT2D eigenvalue weighted by atomic mass is 10.0. The van der Waals surface area contributed by atoms with Crippen molar-refractivity contribution >= 4 is 0 Å². The van der Waals surface area contributed by atoms with Gasteiger partial charge in [0.15, 0.2) is 0 Å². The number of nitrogens with zero attached hydrogens (tertiary/aromatic N) is 1. The highest BCUT2D eigenvalue weighted by atomic mass is 19.4. The minimum absolute atomic E-state index is 0.0165. The summed E-state index contributed by atoms with van der Waals surface area (Å²) >= 11 is 0. The number of unbranched alkanes of at least 4 members (excludes halogenated alkanes) is 2. The Morgan fingerprint density at radius 2 is 1.52 bits per heavy atom. The van der Waals surface area contributed by atoms with Gasteiger partial charge >= 0.3 is 6.18 Å². The molecule has 3 aromatic rings. The summed E-state index contributed by atoms with van der Waals surface area (Å²) in [5, 5.41) is 0. The smallest absolute Gasteiger partial charge is 0.248 e. The van der Waals surface area contributed by atoms with Crippen molar-refractivity contribution in [3.63, 3.8) is 0 Å². The summed E-state index contributed by atoms with van der Waals surface area (Å²) < 4.78 is 65.8. The Balaban J connectivity index is 1.73. The second kappa shape index (κ2) is 9.74. The Kier molecular flexibility index (Phi) is 7.06. The van der Waals surface area contributed by atoms with E-state index in [-0.39, 0.29) is 5.56 Å². The molecule has 1 heterocycles. The van der Waals surface area contributed by atoms with Crippen LogP contribution in [0, 0.1) is 23.5 Å². The maximum atomic E-state index is 13.8. The Morgan fingerprint density at radius 1 is 0.839 bits per heavy atom. The molecule has 0 unspecified atom stereocenters. The van der Waals surface area contributed by atoms with Crippen molar-refractivity contribution in [2.45, 2.75) is 38.8 Å². The molecule has 0 saturated carbocycles. The molecule has 0 radical (unpaired) electrons. The minimum atomic E-state index is -5.09. The van der Waals surface area contributed by atoms with E-state index in [2.05, 4.69) is 23.7 Å². The van der Waals surface area contributed by atoms with E-state index in [1.807, 2.05) is 18.3 Å². The van der Waals surface area contributed by atoms with Crippen LogP contribution in [-0.2, 0) is 12.6 Å². The van der Waals surface area contributed by atoms with Gasteiger partial charge < -0.3 is 0 Å². The second-order valence-corrected chi connectivity index (χ2v) is 7.15. The lowest BCUT2D eigenvalue weighted by Crippen LogP contribution is -2.11. The van der Waals surface area contributed by atoms with Crippen molar-refractivity contribution < 1.29 is 22.0 Å². The Morgan fingerprint density at radius 3 is 2.06 bits per heavy atom. The van der Waals surface area contributed by atoms with E-state index in [1.54, 1.807) is 24.3 Å². The van der Waals surface area contributed by atoms with Gasteiger partial charge in [0.25, 0.3) is 0 Å². The average molecular weight is 429 g/mol. The monoisotopic (exact) mass is 429 g/mol. The molecule has 0 saturated heterocycles. The first-order valence-corrected chi connectivity index (χ1v) is 9.91. The SMILES string of the molecule is CCCCCc1ccc(C#Cc2ccc(-c3cc(F)c(C(F)(F)F)c(F)c3)cc2)nc1. The number of aromatic nitrogens is 1. The zero-order valence-electron chi connectivity index (χ0n) is 16.9. The van der Waals surface area contributed by atoms with Crippen LogP contribution in [0.3, 0.4) is 0 Å². The van der Waals surface area contributed by atoms with E-state index in [1.165, 1.54) is 18.4 Å². The third kappa shape index (κ3) is 5.91. The van der Waals surface area contributed by atoms with Crippen molar-refractivity contribution in [1.29, 1.82) is 0 Å². The number of halogens is 5. The predicted octanol–water partition coefficient (Wildman–Crippen LogP) is 7.18. The number of rotatable bonds is 5. The van der Waals surface area contributed by atoms with Crippen LogP contribution in [0.5, 0.6) is 0 Å². The quantitative estimate of drug-likeness (QED) is 0.238. The zero-order valence-corrected chi connectivity index (χ0v) is 16.9. The van der Waals surface area contributed by atoms with Crippen LogP contribution in [0.1, 0.15) is 48.6 Å². The van der Waals surface area contributed by atoms with Gasteiger partial charge in [0, 0.05) is 11.8 Å². The molecule has 0 atom stereocenters. The van der Waals surface area contributed by atoms with E-state index in [9.17, 15) is 22.0 Å². The maximum absolute atomic E-state index is 13.8. The first kappa shape index (κ1) is 22.5. The van der Waals surface area contributed by atoms with Gasteiger partial charge in [-0.3, -0.25) is 0 Å². The lowest BCUT2D eigenvalue weighted by Gasteiger charge is -2.11. The van der Waals surface area contributed by atoms with Crippen molar-refractivity contribution in [3.8, 4) is 23.0 Å². The summed E-state index contributed by atoms with van der Waals surface area (Å²) in [6.07, 6.45) is 1.19. The molecular formula is C25H20F5N. The molecule has 0 aliphatic rings. The van der Waals surface area contributed by atoms with E-state index in [4.69, 9.17) is 0 Å². The third-order valence-electron chi connectivity index (χ3n) is 4.77. The maximum Gasteiger partial charge on any atom is 0.422 e. The number of pyridine rings is 1. The van der Waals surface area contributed by atoms with Gasteiger partial charge in [-0.25, -0.2) is 13.8 Å². The molecule has 0 N–H and O–H groups in total. The molecule has 0 amide bonds. The number of aryl methyl sites for hydroxylation is 1. The van der Waals surface area contributed by atoms with Gasteiger partial charge in [0.05, 0.1) is 0 Å². The molecule has 1 aromatic heterocycles. The number of hydrogen-bond acceptors (Lipinski definition) is 1. The van der Waals surface area contributed by atoms with Crippen molar-refractivity contribution in [1.82, 2.24) is 4.98 Å². The van der Waals surface area contributed by atoms with Crippen molar-refractivity contribution in [2.24, 2.45) is 0 Å². The molecule has 0 aliphatic heterocycles. The van der Waals surface area contributed by atoms with Crippen LogP contribution in [-0.4, -0.2) is 4.98 Å². The Hall–Kier alpha value is -3.20. The van der Waals surface area contributed by atoms with Gasteiger partial charge in [0.2, 0.25) is 0 Å². The molecular weight excluding hydrogens is 409 g/mol. The Bertz CT molecular complexity index is 1060. The molecule has 1 nitrogen and oxygen atoms in total. The highest BCUT2D eigenvalue weighted by molar-refractivity contribution is 5.65.